The Morgan fingerprint density at radius 3 is 2.52 bits per heavy atom. The number of cyclic esters (lactones) is 1. The number of benzene rings is 2. The van der Waals surface area contributed by atoms with Gasteiger partial charge in [-0.05, 0) is 30.7 Å². The quantitative estimate of drug-likeness (QED) is 0.811. The molecule has 1 heterocycles. The monoisotopic (exact) mass is 284 g/mol. The lowest BCUT2D eigenvalue weighted by atomic mass is 9.96. The summed E-state index contributed by atoms with van der Waals surface area (Å²) in [6, 6.07) is 11.2. The van der Waals surface area contributed by atoms with Crippen molar-refractivity contribution in [3.8, 4) is 11.5 Å². The highest BCUT2D eigenvalue weighted by Gasteiger charge is 2.36. The van der Waals surface area contributed by atoms with E-state index in [4.69, 9.17) is 14.2 Å². The molecule has 1 aliphatic rings. The first-order valence-electron chi connectivity index (χ1n) is 6.68. The van der Waals surface area contributed by atoms with E-state index in [1.165, 1.54) is 0 Å². The van der Waals surface area contributed by atoms with Crippen molar-refractivity contribution in [2.45, 2.75) is 13.0 Å². The summed E-state index contributed by atoms with van der Waals surface area (Å²) in [5, 5.41) is 0. The van der Waals surface area contributed by atoms with Crippen LogP contribution in [0.3, 0.4) is 0 Å². The SMILES string of the molecule is COc1cc(C)ccc1C1OC(=O)c2cccc(OC)c21. The van der Waals surface area contributed by atoms with Gasteiger partial charge in [-0.2, -0.15) is 0 Å². The molecule has 0 saturated heterocycles. The van der Waals surface area contributed by atoms with E-state index >= 15 is 0 Å². The Hall–Kier alpha value is -2.49. The van der Waals surface area contributed by atoms with Crippen LogP contribution < -0.4 is 9.47 Å². The third-order valence-electron chi connectivity index (χ3n) is 3.66. The van der Waals surface area contributed by atoms with Crippen LogP contribution >= 0.6 is 0 Å². The molecule has 1 unspecified atom stereocenters. The molecule has 2 aromatic carbocycles. The highest BCUT2D eigenvalue weighted by atomic mass is 16.6. The molecule has 1 aliphatic heterocycles. The van der Waals surface area contributed by atoms with Crippen molar-refractivity contribution in [3.63, 3.8) is 0 Å². The third-order valence-corrected chi connectivity index (χ3v) is 3.66. The average molecular weight is 284 g/mol. The minimum absolute atomic E-state index is 0.337. The molecule has 0 aliphatic carbocycles. The zero-order valence-corrected chi connectivity index (χ0v) is 12.2. The molecule has 4 heteroatoms. The summed E-state index contributed by atoms with van der Waals surface area (Å²) in [6.45, 7) is 1.99. The third kappa shape index (κ3) is 2.13. The van der Waals surface area contributed by atoms with Crippen molar-refractivity contribution in [3.05, 3.63) is 58.7 Å². The lowest BCUT2D eigenvalue weighted by Gasteiger charge is -2.17. The molecule has 0 spiro atoms. The number of hydrogen-bond donors (Lipinski definition) is 0. The lowest BCUT2D eigenvalue weighted by Crippen LogP contribution is -2.04. The molecule has 0 bridgehead atoms. The number of esters is 1. The summed E-state index contributed by atoms with van der Waals surface area (Å²) in [7, 11) is 3.19. The van der Waals surface area contributed by atoms with Crippen LogP contribution in [0.25, 0.3) is 0 Å². The molecule has 4 nitrogen and oxygen atoms in total. The van der Waals surface area contributed by atoms with Crippen LogP contribution in [0.2, 0.25) is 0 Å². The summed E-state index contributed by atoms with van der Waals surface area (Å²) >= 11 is 0. The van der Waals surface area contributed by atoms with Crippen LogP contribution in [-0.2, 0) is 4.74 Å². The summed E-state index contributed by atoms with van der Waals surface area (Å²) in [5.74, 6) is 1.01. The van der Waals surface area contributed by atoms with Crippen molar-refractivity contribution in [2.24, 2.45) is 0 Å². The Morgan fingerprint density at radius 2 is 1.81 bits per heavy atom. The van der Waals surface area contributed by atoms with Crippen LogP contribution in [0.4, 0.5) is 0 Å². The highest BCUT2D eigenvalue weighted by Crippen LogP contribution is 2.44. The second-order valence-corrected chi connectivity index (χ2v) is 4.95. The van der Waals surface area contributed by atoms with Gasteiger partial charge in [0.25, 0.3) is 0 Å². The van der Waals surface area contributed by atoms with Crippen LogP contribution in [0.1, 0.15) is 33.2 Å². The molecule has 0 aromatic heterocycles. The normalized spacial score (nSPS) is 16.3. The Kier molecular flexibility index (Phi) is 3.29. The smallest absolute Gasteiger partial charge is 0.339 e. The Morgan fingerprint density at radius 1 is 1.05 bits per heavy atom. The first-order chi connectivity index (χ1) is 10.2. The molecule has 0 N–H and O–H groups in total. The number of fused-ring (bicyclic) bond motifs is 1. The van der Waals surface area contributed by atoms with Crippen molar-refractivity contribution >= 4 is 5.97 Å². The molecular formula is C17H16O4. The van der Waals surface area contributed by atoms with Gasteiger partial charge in [0, 0.05) is 5.56 Å². The van der Waals surface area contributed by atoms with Gasteiger partial charge in [0.1, 0.15) is 11.5 Å². The van der Waals surface area contributed by atoms with E-state index in [1.807, 2.05) is 31.2 Å². The summed E-state index contributed by atoms with van der Waals surface area (Å²) in [6.07, 6.45) is -0.501. The van der Waals surface area contributed by atoms with Gasteiger partial charge in [0.2, 0.25) is 0 Å². The summed E-state index contributed by atoms with van der Waals surface area (Å²) in [4.78, 5) is 12.1. The van der Waals surface area contributed by atoms with Gasteiger partial charge in [-0.3, -0.25) is 0 Å². The van der Waals surface area contributed by atoms with Crippen LogP contribution in [-0.4, -0.2) is 20.2 Å². The zero-order chi connectivity index (χ0) is 15.0. The Balaban J connectivity index is 2.18. The van der Waals surface area contributed by atoms with E-state index < -0.39 is 6.10 Å². The molecule has 0 amide bonds. The molecular weight excluding hydrogens is 268 g/mol. The molecule has 2 aromatic rings. The standard InChI is InChI=1S/C17H16O4/c1-10-7-8-11(14(9-10)20-3)16-15-12(17(18)21-16)5-4-6-13(15)19-2/h4-9,16H,1-3H3. The van der Waals surface area contributed by atoms with Gasteiger partial charge < -0.3 is 14.2 Å². The van der Waals surface area contributed by atoms with Crippen LogP contribution in [0.5, 0.6) is 11.5 Å². The van der Waals surface area contributed by atoms with Crippen molar-refractivity contribution < 1.29 is 19.0 Å². The molecule has 21 heavy (non-hydrogen) atoms. The van der Waals surface area contributed by atoms with Gasteiger partial charge in [0.15, 0.2) is 6.10 Å². The molecule has 1 atom stereocenters. The number of carbonyl (C=O) groups excluding carboxylic acids is 1. The summed E-state index contributed by atoms with van der Waals surface area (Å²) in [5.41, 5.74) is 3.20. The highest BCUT2D eigenvalue weighted by molar-refractivity contribution is 5.95. The number of methoxy groups -OCH3 is 2. The maximum absolute atomic E-state index is 12.1. The van der Waals surface area contributed by atoms with Crippen molar-refractivity contribution in [1.29, 1.82) is 0 Å². The molecule has 108 valence electrons. The van der Waals surface area contributed by atoms with Gasteiger partial charge >= 0.3 is 5.97 Å². The lowest BCUT2D eigenvalue weighted by molar-refractivity contribution is 0.0451. The predicted octanol–water partition coefficient (Wildman–Crippen LogP) is 3.27. The van der Waals surface area contributed by atoms with E-state index in [-0.39, 0.29) is 5.97 Å². The topological polar surface area (TPSA) is 44.8 Å². The predicted molar refractivity (Wildman–Crippen MR) is 78.0 cm³/mol. The fourth-order valence-corrected chi connectivity index (χ4v) is 2.65. The fourth-order valence-electron chi connectivity index (χ4n) is 2.65. The first-order valence-corrected chi connectivity index (χ1v) is 6.68. The first kappa shape index (κ1) is 13.5. The maximum Gasteiger partial charge on any atom is 0.339 e. The number of ether oxygens (including phenoxy) is 3. The van der Waals surface area contributed by atoms with Gasteiger partial charge in [0.05, 0.1) is 25.3 Å². The average Bonchev–Trinajstić information content (AvgIpc) is 2.84. The van der Waals surface area contributed by atoms with Gasteiger partial charge in [-0.15, -0.1) is 0 Å². The van der Waals surface area contributed by atoms with Crippen molar-refractivity contribution in [2.75, 3.05) is 14.2 Å². The number of aryl methyl sites for hydroxylation is 1. The Bertz CT molecular complexity index is 706. The van der Waals surface area contributed by atoms with E-state index in [2.05, 4.69) is 0 Å². The van der Waals surface area contributed by atoms with Crippen molar-refractivity contribution in [1.82, 2.24) is 0 Å². The van der Waals surface area contributed by atoms with E-state index in [9.17, 15) is 4.79 Å². The number of carbonyl (C=O) groups is 1. The minimum Gasteiger partial charge on any atom is -0.496 e. The van der Waals surface area contributed by atoms with Gasteiger partial charge in [-0.25, -0.2) is 4.79 Å². The van der Waals surface area contributed by atoms with E-state index in [0.717, 1.165) is 16.7 Å². The largest absolute Gasteiger partial charge is 0.496 e. The minimum atomic E-state index is -0.501. The van der Waals surface area contributed by atoms with Crippen LogP contribution in [0, 0.1) is 6.92 Å². The fraction of sp³-hybridized carbons (Fsp3) is 0.235. The van der Waals surface area contributed by atoms with Gasteiger partial charge in [-0.1, -0.05) is 18.2 Å². The number of hydrogen-bond acceptors (Lipinski definition) is 4. The molecule has 3 rings (SSSR count). The zero-order valence-electron chi connectivity index (χ0n) is 12.2. The molecule has 0 radical (unpaired) electrons. The summed E-state index contributed by atoms with van der Waals surface area (Å²) < 4.78 is 16.4. The second-order valence-electron chi connectivity index (χ2n) is 4.95. The van der Waals surface area contributed by atoms with E-state index in [1.54, 1.807) is 26.4 Å². The number of rotatable bonds is 3. The Labute approximate surface area is 123 Å². The van der Waals surface area contributed by atoms with E-state index in [0.29, 0.717) is 17.1 Å². The second kappa shape index (κ2) is 5.13. The molecule has 0 saturated carbocycles. The molecule has 0 fully saturated rings. The maximum atomic E-state index is 12.1. The van der Waals surface area contributed by atoms with Crippen LogP contribution in [0.15, 0.2) is 36.4 Å².